The van der Waals surface area contributed by atoms with Crippen molar-refractivity contribution in [2.75, 3.05) is 48.6 Å². The van der Waals surface area contributed by atoms with Gasteiger partial charge in [0, 0.05) is 35.3 Å². The number of rotatable bonds is 7. The van der Waals surface area contributed by atoms with Crippen LogP contribution in [0.5, 0.6) is 11.5 Å². The molecule has 4 aromatic rings. The van der Waals surface area contributed by atoms with Gasteiger partial charge in [-0.15, -0.1) is 0 Å². The van der Waals surface area contributed by atoms with Crippen LogP contribution in [0.15, 0.2) is 96.6 Å². The number of phenolic OH excluding ortho intramolecular Hbond substituents is 1. The second-order valence-corrected chi connectivity index (χ2v) is 15.9. The SMILES string of the molecule is COc1ccc([C@@]23C(=O)N(Nc4ccc(Cl)cc4Cl)C(=O)[C@@H]2C[C@@H]2C(=CC[C@@H]4C(=O)N(c5ccc(N6CCOCC6)cc5)C(=O)[C@@H]42)[C@@H]3c2cccc(F)c2O)cc1. The minimum Gasteiger partial charge on any atom is -0.505 e. The first-order chi connectivity index (χ1) is 27.5. The summed E-state index contributed by atoms with van der Waals surface area (Å²) in [5.74, 6) is -7.79. The van der Waals surface area contributed by atoms with Gasteiger partial charge in [-0.05, 0) is 85.0 Å². The van der Waals surface area contributed by atoms with E-state index in [0.717, 1.165) is 29.9 Å². The molecule has 3 saturated heterocycles. The van der Waals surface area contributed by atoms with Crippen molar-refractivity contribution < 1.29 is 38.1 Å². The topological polar surface area (TPSA) is 129 Å². The van der Waals surface area contributed by atoms with Crippen molar-refractivity contribution in [1.29, 1.82) is 0 Å². The number of hydrogen-bond donors (Lipinski definition) is 2. The molecule has 14 heteroatoms. The fraction of sp³-hybridized carbons (Fsp3) is 0.302. The number of hydrogen-bond acceptors (Lipinski definition) is 9. The van der Waals surface area contributed by atoms with Crippen LogP contribution in [0.1, 0.15) is 29.9 Å². The predicted molar refractivity (Wildman–Crippen MR) is 211 cm³/mol. The van der Waals surface area contributed by atoms with Gasteiger partial charge in [-0.1, -0.05) is 59.1 Å². The standard InChI is InChI=1S/C43H37Cl2FN4O7/c1-56-27-12-5-23(6-13-27)43-32(40(53)50(42(43)55)47-35-16-7-24(44)21-33(35)45)22-31-28(37(43)30-3-2-4-34(46)38(30)51)14-15-29-36(31)41(54)49(39(29)52)26-10-8-25(9-11-26)48-17-19-57-20-18-48/h2-14,16,21,29,31-32,36-37,47,51H,15,17-20,22H2,1H3/t29-,31+,32-,36-,37+,43+/m0/s1. The van der Waals surface area contributed by atoms with Gasteiger partial charge in [-0.3, -0.25) is 29.5 Å². The lowest BCUT2D eigenvalue weighted by Gasteiger charge is -2.50. The van der Waals surface area contributed by atoms with Crippen LogP contribution in [0.25, 0.3) is 0 Å². The van der Waals surface area contributed by atoms with Crippen LogP contribution < -0.4 is 20.0 Å². The molecule has 5 aliphatic rings. The molecule has 0 radical (unpaired) electrons. The Morgan fingerprint density at radius 2 is 1.60 bits per heavy atom. The van der Waals surface area contributed by atoms with Gasteiger partial charge < -0.3 is 19.5 Å². The van der Waals surface area contributed by atoms with E-state index in [4.69, 9.17) is 32.7 Å². The molecule has 6 atom stereocenters. The van der Waals surface area contributed by atoms with Crippen LogP contribution >= 0.6 is 23.2 Å². The number of amides is 4. The number of methoxy groups -OCH3 is 1. The Hall–Kier alpha value is -5.43. The lowest BCUT2D eigenvalue weighted by molar-refractivity contribution is -0.138. The number of allylic oxidation sites excluding steroid dienone is 2. The van der Waals surface area contributed by atoms with E-state index in [1.807, 2.05) is 18.2 Å². The van der Waals surface area contributed by atoms with Crippen molar-refractivity contribution in [2.45, 2.75) is 24.2 Å². The summed E-state index contributed by atoms with van der Waals surface area (Å²) in [5.41, 5.74) is 3.86. The zero-order valence-electron chi connectivity index (χ0n) is 30.7. The second kappa shape index (κ2) is 14.2. The van der Waals surface area contributed by atoms with Crippen molar-refractivity contribution in [3.05, 3.63) is 124 Å². The summed E-state index contributed by atoms with van der Waals surface area (Å²) in [6.07, 6.45) is 2.01. The molecule has 4 aromatic carbocycles. The Morgan fingerprint density at radius 3 is 2.30 bits per heavy atom. The van der Waals surface area contributed by atoms with E-state index in [1.54, 1.807) is 48.5 Å². The van der Waals surface area contributed by atoms with E-state index in [1.165, 1.54) is 30.2 Å². The van der Waals surface area contributed by atoms with Crippen molar-refractivity contribution in [3.8, 4) is 11.5 Å². The Labute approximate surface area is 337 Å². The number of aromatic hydroxyl groups is 1. The maximum atomic E-state index is 15.5. The third-order valence-electron chi connectivity index (χ3n) is 12.4. The molecule has 3 heterocycles. The number of imide groups is 2. The van der Waals surface area contributed by atoms with Crippen molar-refractivity contribution in [3.63, 3.8) is 0 Å². The van der Waals surface area contributed by atoms with Gasteiger partial charge >= 0.3 is 0 Å². The fourth-order valence-corrected chi connectivity index (χ4v) is 10.3. The molecule has 0 spiro atoms. The minimum atomic E-state index is -1.75. The summed E-state index contributed by atoms with van der Waals surface area (Å²) >= 11 is 12.7. The Balaban J connectivity index is 1.18. The summed E-state index contributed by atoms with van der Waals surface area (Å²) in [5, 5.41) is 12.9. The van der Waals surface area contributed by atoms with E-state index in [0.29, 0.717) is 40.8 Å². The predicted octanol–water partition coefficient (Wildman–Crippen LogP) is 6.87. The number of ether oxygens (including phenoxy) is 2. The highest BCUT2D eigenvalue weighted by Crippen LogP contribution is 2.65. The van der Waals surface area contributed by atoms with E-state index < -0.39 is 64.3 Å². The first-order valence-corrected chi connectivity index (χ1v) is 19.5. The van der Waals surface area contributed by atoms with Crippen LogP contribution in [0.4, 0.5) is 21.5 Å². The van der Waals surface area contributed by atoms with E-state index in [2.05, 4.69) is 10.3 Å². The van der Waals surface area contributed by atoms with Crippen LogP contribution in [0.2, 0.25) is 10.0 Å². The molecule has 4 amide bonds. The van der Waals surface area contributed by atoms with Gasteiger partial charge in [-0.25, -0.2) is 4.39 Å². The number of para-hydroxylation sites is 1. The van der Waals surface area contributed by atoms with Gasteiger partial charge in [0.25, 0.3) is 11.8 Å². The molecule has 9 rings (SSSR count). The number of benzene rings is 4. The molecule has 2 N–H and O–H groups in total. The number of fused-ring (bicyclic) bond motifs is 4. The monoisotopic (exact) mass is 810 g/mol. The molecule has 57 heavy (non-hydrogen) atoms. The molecular formula is C43H37Cl2FN4O7. The highest BCUT2D eigenvalue weighted by molar-refractivity contribution is 6.36. The number of nitrogens with one attached hydrogen (secondary N) is 1. The largest absolute Gasteiger partial charge is 0.505 e. The van der Waals surface area contributed by atoms with Gasteiger partial charge in [0.05, 0.1) is 59.9 Å². The van der Waals surface area contributed by atoms with E-state index >= 15 is 9.18 Å². The number of anilines is 3. The number of phenols is 1. The fourth-order valence-electron chi connectivity index (χ4n) is 9.84. The normalized spacial score (nSPS) is 26.9. The zero-order valence-corrected chi connectivity index (χ0v) is 32.2. The molecule has 0 bridgehead atoms. The summed E-state index contributed by atoms with van der Waals surface area (Å²) in [4.78, 5) is 62.7. The van der Waals surface area contributed by atoms with Gasteiger partial charge in [0.15, 0.2) is 11.6 Å². The molecule has 4 fully saturated rings. The summed E-state index contributed by atoms with van der Waals surface area (Å²) in [6.45, 7) is 2.67. The van der Waals surface area contributed by atoms with Gasteiger partial charge in [-0.2, -0.15) is 5.01 Å². The Kier molecular flexibility index (Phi) is 9.25. The molecule has 292 valence electrons. The molecular weight excluding hydrogens is 774 g/mol. The Morgan fingerprint density at radius 1 is 0.877 bits per heavy atom. The third-order valence-corrected chi connectivity index (χ3v) is 12.9. The van der Waals surface area contributed by atoms with Gasteiger partial charge in [0.2, 0.25) is 11.8 Å². The van der Waals surface area contributed by atoms with E-state index in [9.17, 15) is 19.5 Å². The summed E-state index contributed by atoms with van der Waals surface area (Å²) in [6, 6.07) is 22.7. The molecule has 11 nitrogen and oxygen atoms in total. The number of nitrogens with zero attached hydrogens (tertiary/aromatic N) is 3. The summed E-state index contributed by atoms with van der Waals surface area (Å²) in [7, 11) is 1.51. The quantitative estimate of drug-likeness (QED) is 0.152. The molecule has 3 aliphatic heterocycles. The molecule has 0 unspecified atom stereocenters. The van der Waals surface area contributed by atoms with Crippen LogP contribution in [0.3, 0.4) is 0 Å². The van der Waals surface area contributed by atoms with Crippen molar-refractivity contribution in [1.82, 2.24) is 5.01 Å². The zero-order chi connectivity index (χ0) is 39.7. The second-order valence-electron chi connectivity index (χ2n) is 15.0. The average molecular weight is 812 g/mol. The first-order valence-electron chi connectivity index (χ1n) is 18.8. The van der Waals surface area contributed by atoms with Crippen molar-refractivity contribution >= 4 is 63.9 Å². The molecule has 1 saturated carbocycles. The average Bonchev–Trinajstić information content (AvgIpc) is 3.61. The van der Waals surface area contributed by atoms with Crippen molar-refractivity contribution in [2.24, 2.45) is 23.7 Å². The van der Waals surface area contributed by atoms with Gasteiger partial charge in [0.1, 0.15) is 5.75 Å². The number of morpholine rings is 1. The lowest BCUT2D eigenvalue weighted by Crippen LogP contribution is -2.53. The number of carbonyl (C=O) groups is 4. The van der Waals surface area contributed by atoms with Crippen LogP contribution in [-0.2, 0) is 29.3 Å². The van der Waals surface area contributed by atoms with Crippen LogP contribution in [-0.4, -0.2) is 67.2 Å². The molecule has 0 aromatic heterocycles. The highest BCUT2D eigenvalue weighted by Gasteiger charge is 2.70. The molecule has 2 aliphatic carbocycles. The number of hydrazine groups is 1. The lowest BCUT2D eigenvalue weighted by atomic mass is 9.49. The Bertz CT molecular complexity index is 2350. The maximum Gasteiger partial charge on any atom is 0.260 e. The number of halogens is 3. The highest BCUT2D eigenvalue weighted by atomic mass is 35.5. The minimum absolute atomic E-state index is 0.00550. The third kappa shape index (κ3) is 5.71. The first kappa shape index (κ1) is 37.2. The van der Waals surface area contributed by atoms with E-state index in [-0.39, 0.29) is 35.0 Å². The van der Waals surface area contributed by atoms with Crippen LogP contribution in [0, 0.1) is 29.5 Å². The summed E-state index contributed by atoms with van der Waals surface area (Å²) < 4.78 is 26.4. The maximum absolute atomic E-state index is 15.5. The number of carbonyl (C=O) groups excluding carboxylic acids is 4. The smallest absolute Gasteiger partial charge is 0.260 e.